The second kappa shape index (κ2) is 9.40. The minimum atomic E-state index is -0.119. The predicted molar refractivity (Wildman–Crippen MR) is 102 cm³/mol. The number of ether oxygens (including phenoxy) is 1. The van der Waals surface area contributed by atoms with E-state index in [4.69, 9.17) is 4.74 Å². The van der Waals surface area contributed by atoms with E-state index >= 15 is 0 Å². The number of hydrogen-bond acceptors (Lipinski definition) is 1. The zero-order chi connectivity index (χ0) is 17.5. The van der Waals surface area contributed by atoms with Crippen LogP contribution in [0.25, 0.3) is 0 Å². The molecule has 2 heteroatoms. The summed E-state index contributed by atoms with van der Waals surface area (Å²) in [6, 6.07) is 7.21. The molecule has 0 bridgehead atoms. The number of benzene rings is 1. The van der Waals surface area contributed by atoms with Crippen LogP contribution in [0.2, 0.25) is 0 Å². The zero-order valence-electron chi connectivity index (χ0n) is 15.6. The first-order valence-corrected chi connectivity index (χ1v) is 10.2. The molecule has 0 saturated heterocycles. The highest BCUT2D eigenvalue weighted by Gasteiger charge is 2.31. The summed E-state index contributed by atoms with van der Waals surface area (Å²) in [5, 5.41) is 0. The molecule has 0 radical (unpaired) electrons. The second-order valence-corrected chi connectivity index (χ2v) is 8.13. The van der Waals surface area contributed by atoms with Crippen LogP contribution in [0.15, 0.2) is 36.6 Å². The fraction of sp³-hybridized carbons (Fsp3) is 0.652. The highest BCUT2D eigenvalue weighted by Crippen LogP contribution is 2.44. The molecule has 0 amide bonds. The lowest BCUT2D eigenvalue weighted by molar-refractivity contribution is 0.157. The highest BCUT2D eigenvalue weighted by atomic mass is 19.1. The van der Waals surface area contributed by atoms with Crippen LogP contribution in [0.5, 0.6) is 0 Å². The smallest absolute Gasteiger partial charge is 0.123 e. The SMILES string of the molecule is CO/C=C/CCC1CCC(C2CCC(c3ccc(F)cc3)CC2)CC1. The van der Waals surface area contributed by atoms with Crippen LogP contribution in [-0.4, -0.2) is 7.11 Å². The third-order valence-corrected chi connectivity index (χ3v) is 6.65. The molecule has 0 aromatic heterocycles. The van der Waals surface area contributed by atoms with Gasteiger partial charge in [-0.05, 0) is 98.8 Å². The van der Waals surface area contributed by atoms with Gasteiger partial charge in [-0.25, -0.2) is 4.39 Å². The van der Waals surface area contributed by atoms with Crippen molar-refractivity contribution in [3.63, 3.8) is 0 Å². The van der Waals surface area contributed by atoms with Gasteiger partial charge in [0.1, 0.15) is 5.82 Å². The maximum Gasteiger partial charge on any atom is 0.123 e. The molecular weight excluding hydrogens is 311 g/mol. The number of allylic oxidation sites excluding steroid dienone is 1. The zero-order valence-corrected chi connectivity index (χ0v) is 15.6. The number of methoxy groups -OCH3 is 1. The van der Waals surface area contributed by atoms with Gasteiger partial charge >= 0.3 is 0 Å². The maximum atomic E-state index is 13.1. The average Bonchev–Trinajstić information content (AvgIpc) is 2.67. The van der Waals surface area contributed by atoms with E-state index in [0.717, 1.165) is 24.2 Å². The predicted octanol–water partition coefficient (Wildman–Crippen LogP) is 6.85. The first-order valence-electron chi connectivity index (χ1n) is 10.2. The lowest BCUT2D eigenvalue weighted by atomic mass is 9.68. The van der Waals surface area contributed by atoms with Gasteiger partial charge in [0.25, 0.3) is 0 Å². The summed E-state index contributed by atoms with van der Waals surface area (Å²) in [6.07, 6.45) is 17.5. The van der Waals surface area contributed by atoms with Crippen molar-refractivity contribution in [2.45, 2.75) is 70.1 Å². The fourth-order valence-electron chi connectivity index (χ4n) is 5.10. The summed E-state index contributed by atoms with van der Waals surface area (Å²) in [5.41, 5.74) is 1.34. The average molecular weight is 345 g/mol. The number of hydrogen-bond donors (Lipinski definition) is 0. The van der Waals surface area contributed by atoms with E-state index in [1.807, 2.05) is 18.4 Å². The van der Waals surface area contributed by atoms with E-state index in [1.54, 1.807) is 19.2 Å². The molecule has 2 aliphatic carbocycles. The number of rotatable bonds is 6. The Morgan fingerprint density at radius 3 is 2.12 bits per heavy atom. The highest BCUT2D eigenvalue weighted by molar-refractivity contribution is 5.20. The Bertz CT molecular complexity index is 520. The summed E-state index contributed by atoms with van der Waals surface area (Å²) in [7, 11) is 1.71. The van der Waals surface area contributed by atoms with Crippen molar-refractivity contribution in [1.29, 1.82) is 0 Å². The minimum Gasteiger partial charge on any atom is -0.505 e. The Labute approximate surface area is 152 Å². The van der Waals surface area contributed by atoms with Gasteiger partial charge in [-0.15, -0.1) is 0 Å². The van der Waals surface area contributed by atoms with E-state index in [-0.39, 0.29) is 5.82 Å². The number of halogens is 1. The molecule has 0 N–H and O–H groups in total. The Morgan fingerprint density at radius 2 is 1.52 bits per heavy atom. The van der Waals surface area contributed by atoms with E-state index in [9.17, 15) is 4.39 Å². The first kappa shape index (κ1) is 18.5. The Morgan fingerprint density at radius 1 is 0.920 bits per heavy atom. The minimum absolute atomic E-state index is 0.119. The molecule has 0 spiro atoms. The van der Waals surface area contributed by atoms with Crippen LogP contribution in [0, 0.1) is 23.6 Å². The standard InChI is InChI=1S/C23H33FO/c1-25-17-3-2-4-18-5-7-19(8-6-18)20-9-11-21(12-10-20)22-13-15-23(24)16-14-22/h3,13-21H,2,4-12H2,1H3/b17-3+. The largest absolute Gasteiger partial charge is 0.505 e. The Kier molecular flexibility index (Phi) is 6.95. The summed E-state index contributed by atoms with van der Waals surface area (Å²) in [5.74, 6) is 3.35. The van der Waals surface area contributed by atoms with Crippen LogP contribution >= 0.6 is 0 Å². The van der Waals surface area contributed by atoms with Crippen LogP contribution in [-0.2, 0) is 4.74 Å². The molecule has 0 heterocycles. The van der Waals surface area contributed by atoms with Crippen molar-refractivity contribution in [2.24, 2.45) is 17.8 Å². The van der Waals surface area contributed by atoms with E-state index in [1.165, 1.54) is 63.4 Å². The molecule has 138 valence electrons. The van der Waals surface area contributed by atoms with Crippen LogP contribution in [0.1, 0.15) is 75.7 Å². The molecule has 0 unspecified atom stereocenters. The molecule has 3 rings (SSSR count). The summed E-state index contributed by atoms with van der Waals surface area (Å²) in [4.78, 5) is 0. The van der Waals surface area contributed by atoms with Crippen molar-refractivity contribution in [1.82, 2.24) is 0 Å². The monoisotopic (exact) mass is 344 g/mol. The van der Waals surface area contributed by atoms with Gasteiger partial charge in [-0.3, -0.25) is 0 Å². The topological polar surface area (TPSA) is 9.23 Å². The van der Waals surface area contributed by atoms with Crippen molar-refractivity contribution >= 4 is 0 Å². The van der Waals surface area contributed by atoms with Gasteiger partial charge in [-0.1, -0.05) is 25.0 Å². The van der Waals surface area contributed by atoms with Crippen LogP contribution in [0.4, 0.5) is 4.39 Å². The third-order valence-electron chi connectivity index (χ3n) is 6.65. The molecule has 25 heavy (non-hydrogen) atoms. The molecule has 0 atom stereocenters. The molecular formula is C23H33FO. The normalized spacial score (nSPS) is 30.5. The van der Waals surface area contributed by atoms with Gasteiger partial charge in [0.05, 0.1) is 13.4 Å². The Balaban J connectivity index is 1.39. The lowest BCUT2D eigenvalue weighted by Crippen LogP contribution is -2.25. The third kappa shape index (κ3) is 5.33. The van der Waals surface area contributed by atoms with E-state index in [0.29, 0.717) is 5.92 Å². The van der Waals surface area contributed by atoms with Crippen molar-refractivity contribution < 1.29 is 9.13 Å². The van der Waals surface area contributed by atoms with Crippen LogP contribution in [0.3, 0.4) is 0 Å². The van der Waals surface area contributed by atoms with Gasteiger partial charge in [-0.2, -0.15) is 0 Å². The fourth-order valence-corrected chi connectivity index (χ4v) is 5.10. The summed E-state index contributed by atoms with van der Waals surface area (Å²) < 4.78 is 18.1. The molecule has 1 aromatic carbocycles. The van der Waals surface area contributed by atoms with E-state index in [2.05, 4.69) is 6.08 Å². The van der Waals surface area contributed by atoms with Crippen molar-refractivity contribution in [3.05, 3.63) is 48.0 Å². The Hall–Kier alpha value is -1.31. The van der Waals surface area contributed by atoms with Crippen LogP contribution < -0.4 is 0 Å². The van der Waals surface area contributed by atoms with Gasteiger partial charge in [0.15, 0.2) is 0 Å². The van der Waals surface area contributed by atoms with Gasteiger partial charge in [0.2, 0.25) is 0 Å². The lowest BCUT2D eigenvalue weighted by Gasteiger charge is -2.38. The first-order chi connectivity index (χ1) is 12.3. The molecule has 0 aliphatic heterocycles. The maximum absolute atomic E-state index is 13.1. The molecule has 1 aromatic rings. The van der Waals surface area contributed by atoms with Gasteiger partial charge < -0.3 is 4.74 Å². The molecule has 2 aliphatic rings. The molecule has 2 fully saturated rings. The quantitative estimate of drug-likeness (QED) is 0.513. The van der Waals surface area contributed by atoms with Gasteiger partial charge in [0, 0.05) is 0 Å². The van der Waals surface area contributed by atoms with Crippen molar-refractivity contribution in [2.75, 3.05) is 7.11 Å². The summed E-state index contributed by atoms with van der Waals surface area (Å²) >= 11 is 0. The summed E-state index contributed by atoms with van der Waals surface area (Å²) in [6.45, 7) is 0. The van der Waals surface area contributed by atoms with Crippen molar-refractivity contribution in [3.8, 4) is 0 Å². The second-order valence-electron chi connectivity index (χ2n) is 8.13. The molecule has 1 nitrogen and oxygen atoms in total. The van der Waals surface area contributed by atoms with E-state index < -0.39 is 0 Å². The molecule has 2 saturated carbocycles.